The lowest BCUT2D eigenvalue weighted by Gasteiger charge is -2.27. The maximum atomic E-state index is 8.40. The standard InChI is InChI=1S/C15H32O4/c1-12(2)13(3)9-11-15(4,5)10-7-6-8-14(18-16)19-17/h12-14,16-17H,6-11H2,1-5H3. The van der Waals surface area contributed by atoms with Crippen LogP contribution in [0.15, 0.2) is 0 Å². The minimum Gasteiger partial charge on any atom is -0.249 e. The van der Waals surface area contributed by atoms with E-state index in [9.17, 15) is 0 Å². The molecule has 0 bridgehead atoms. The summed E-state index contributed by atoms with van der Waals surface area (Å²) in [5.41, 5.74) is 0.346. The van der Waals surface area contributed by atoms with E-state index in [0.717, 1.165) is 31.1 Å². The molecule has 4 heteroatoms. The van der Waals surface area contributed by atoms with Crippen molar-refractivity contribution in [3.05, 3.63) is 0 Å². The molecule has 0 aliphatic heterocycles. The second kappa shape index (κ2) is 9.70. The van der Waals surface area contributed by atoms with Crippen LogP contribution in [0, 0.1) is 17.3 Å². The summed E-state index contributed by atoms with van der Waals surface area (Å²) in [6, 6.07) is 0. The molecule has 0 amide bonds. The third kappa shape index (κ3) is 9.38. The van der Waals surface area contributed by atoms with Crippen molar-refractivity contribution in [2.24, 2.45) is 17.3 Å². The number of hydrogen-bond donors (Lipinski definition) is 2. The van der Waals surface area contributed by atoms with Gasteiger partial charge in [-0.1, -0.05) is 41.0 Å². The van der Waals surface area contributed by atoms with Crippen molar-refractivity contribution >= 4 is 0 Å². The first-order chi connectivity index (χ1) is 8.82. The van der Waals surface area contributed by atoms with Crippen LogP contribution in [0.2, 0.25) is 0 Å². The van der Waals surface area contributed by atoms with Crippen molar-refractivity contribution in [1.29, 1.82) is 0 Å². The van der Waals surface area contributed by atoms with Gasteiger partial charge in [0.15, 0.2) is 0 Å². The Kier molecular flexibility index (Phi) is 9.62. The van der Waals surface area contributed by atoms with Crippen molar-refractivity contribution in [3.63, 3.8) is 0 Å². The molecular weight excluding hydrogens is 244 g/mol. The highest BCUT2D eigenvalue weighted by Gasteiger charge is 2.20. The molecule has 116 valence electrons. The van der Waals surface area contributed by atoms with E-state index in [1.807, 2.05) is 0 Å². The summed E-state index contributed by atoms with van der Waals surface area (Å²) in [6.45, 7) is 11.5. The molecule has 0 radical (unpaired) electrons. The van der Waals surface area contributed by atoms with Gasteiger partial charge in [-0.25, -0.2) is 20.3 Å². The molecule has 0 rings (SSSR count). The zero-order valence-corrected chi connectivity index (χ0v) is 13.2. The third-order valence-electron chi connectivity index (χ3n) is 4.19. The Balaban J connectivity index is 3.78. The Morgan fingerprint density at radius 1 is 0.895 bits per heavy atom. The van der Waals surface area contributed by atoms with Crippen molar-refractivity contribution in [2.75, 3.05) is 0 Å². The van der Waals surface area contributed by atoms with E-state index in [2.05, 4.69) is 44.4 Å². The number of unbranched alkanes of at least 4 members (excludes halogenated alkanes) is 1. The Bertz CT molecular complexity index is 212. The molecule has 0 fully saturated rings. The average molecular weight is 276 g/mol. The van der Waals surface area contributed by atoms with Gasteiger partial charge in [0.2, 0.25) is 6.29 Å². The van der Waals surface area contributed by atoms with E-state index < -0.39 is 6.29 Å². The van der Waals surface area contributed by atoms with Crippen LogP contribution in [-0.2, 0) is 9.78 Å². The van der Waals surface area contributed by atoms with Gasteiger partial charge in [0.25, 0.3) is 0 Å². The van der Waals surface area contributed by atoms with Crippen molar-refractivity contribution in [3.8, 4) is 0 Å². The Hall–Kier alpha value is -0.160. The van der Waals surface area contributed by atoms with E-state index >= 15 is 0 Å². The van der Waals surface area contributed by atoms with Crippen LogP contribution in [0.1, 0.15) is 73.1 Å². The molecule has 0 aromatic heterocycles. The SMILES string of the molecule is CC(C)C(C)CCC(C)(C)CCCCC(OO)OO. The molecule has 0 aromatic carbocycles. The molecule has 0 heterocycles. The van der Waals surface area contributed by atoms with E-state index in [4.69, 9.17) is 10.5 Å². The predicted molar refractivity (Wildman–Crippen MR) is 76.7 cm³/mol. The topological polar surface area (TPSA) is 58.9 Å². The summed E-state index contributed by atoms with van der Waals surface area (Å²) in [4.78, 5) is 7.93. The molecule has 19 heavy (non-hydrogen) atoms. The molecule has 0 aliphatic carbocycles. The molecule has 1 atom stereocenters. The molecule has 4 nitrogen and oxygen atoms in total. The summed E-state index contributed by atoms with van der Waals surface area (Å²) in [6.07, 6.45) is 5.16. The lowest BCUT2D eigenvalue weighted by Crippen LogP contribution is -2.16. The van der Waals surface area contributed by atoms with Gasteiger partial charge in [-0.2, -0.15) is 0 Å². The normalized spacial score (nSPS) is 14.4. The van der Waals surface area contributed by atoms with Gasteiger partial charge in [-0.3, -0.25) is 0 Å². The highest BCUT2D eigenvalue weighted by Crippen LogP contribution is 2.32. The van der Waals surface area contributed by atoms with Crippen LogP contribution in [0.4, 0.5) is 0 Å². The largest absolute Gasteiger partial charge is 0.249 e. The quantitative estimate of drug-likeness (QED) is 0.242. The van der Waals surface area contributed by atoms with Crippen molar-refractivity contribution < 1.29 is 20.3 Å². The van der Waals surface area contributed by atoms with Crippen LogP contribution in [-0.4, -0.2) is 16.8 Å². The van der Waals surface area contributed by atoms with Gasteiger partial charge in [-0.05, 0) is 42.9 Å². The van der Waals surface area contributed by atoms with E-state index in [-0.39, 0.29) is 0 Å². The number of hydrogen-bond acceptors (Lipinski definition) is 4. The molecule has 0 saturated carbocycles. The zero-order chi connectivity index (χ0) is 14.9. The van der Waals surface area contributed by atoms with Crippen LogP contribution in [0.5, 0.6) is 0 Å². The van der Waals surface area contributed by atoms with Gasteiger partial charge < -0.3 is 0 Å². The number of rotatable bonds is 11. The van der Waals surface area contributed by atoms with Gasteiger partial charge in [0, 0.05) is 6.42 Å². The summed E-state index contributed by atoms with van der Waals surface area (Å²) < 4.78 is 0. The first kappa shape index (κ1) is 18.8. The van der Waals surface area contributed by atoms with Gasteiger partial charge in [-0.15, -0.1) is 0 Å². The van der Waals surface area contributed by atoms with Gasteiger partial charge >= 0.3 is 0 Å². The molecule has 1 unspecified atom stereocenters. The molecule has 2 N–H and O–H groups in total. The van der Waals surface area contributed by atoms with Gasteiger partial charge in [0.1, 0.15) is 0 Å². The first-order valence-electron chi connectivity index (χ1n) is 7.43. The summed E-state index contributed by atoms with van der Waals surface area (Å²) in [5.74, 6) is 1.52. The minimum atomic E-state index is -0.913. The smallest absolute Gasteiger partial charge is 0.223 e. The highest BCUT2D eigenvalue weighted by molar-refractivity contribution is 4.71. The fourth-order valence-electron chi connectivity index (χ4n) is 2.12. The summed E-state index contributed by atoms with van der Waals surface area (Å²) >= 11 is 0. The Morgan fingerprint density at radius 2 is 1.47 bits per heavy atom. The van der Waals surface area contributed by atoms with Crippen LogP contribution < -0.4 is 0 Å². The lowest BCUT2D eigenvalue weighted by atomic mass is 9.79. The summed E-state index contributed by atoms with van der Waals surface area (Å²) in [5, 5.41) is 16.8. The van der Waals surface area contributed by atoms with Crippen molar-refractivity contribution in [1.82, 2.24) is 0 Å². The maximum Gasteiger partial charge on any atom is 0.223 e. The van der Waals surface area contributed by atoms with E-state index in [1.165, 1.54) is 12.8 Å². The molecule has 0 aromatic rings. The Labute approximate surface area is 118 Å². The average Bonchev–Trinajstić information content (AvgIpc) is 2.36. The predicted octanol–water partition coefficient (Wildman–Crippen LogP) is 4.95. The fraction of sp³-hybridized carbons (Fsp3) is 1.00. The van der Waals surface area contributed by atoms with Crippen LogP contribution >= 0.6 is 0 Å². The highest BCUT2D eigenvalue weighted by atomic mass is 17.2. The fourth-order valence-corrected chi connectivity index (χ4v) is 2.12. The second-order valence-electron chi connectivity index (χ2n) is 6.81. The summed E-state index contributed by atoms with van der Waals surface area (Å²) in [7, 11) is 0. The molecule has 0 aliphatic rings. The van der Waals surface area contributed by atoms with Crippen LogP contribution in [0.25, 0.3) is 0 Å². The van der Waals surface area contributed by atoms with E-state index in [1.54, 1.807) is 0 Å². The minimum absolute atomic E-state index is 0.346. The third-order valence-corrected chi connectivity index (χ3v) is 4.19. The van der Waals surface area contributed by atoms with Gasteiger partial charge in [0.05, 0.1) is 0 Å². The van der Waals surface area contributed by atoms with Crippen LogP contribution in [0.3, 0.4) is 0 Å². The second-order valence-corrected chi connectivity index (χ2v) is 6.81. The van der Waals surface area contributed by atoms with Crippen molar-refractivity contribution in [2.45, 2.75) is 79.4 Å². The first-order valence-corrected chi connectivity index (χ1v) is 7.43. The maximum absolute atomic E-state index is 8.40. The monoisotopic (exact) mass is 276 g/mol. The zero-order valence-electron chi connectivity index (χ0n) is 13.2. The lowest BCUT2D eigenvalue weighted by molar-refractivity contribution is -0.432. The molecule has 0 spiro atoms. The van der Waals surface area contributed by atoms with E-state index in [0.29, 0.717) is 11.8 Å². The Morgan fingerprint density at radius 3 is 1.95 bits per heavy atom. The molecular formula is C15H32O4. The molecule has 0 saturated heterocycles.